The van der Waals surface area contributed by atoms with Crippen LogP contribution in [0.5, 0.6) is 0 Å². The highest BCUT2D eigenvalue weighted by molar-refractivity contribution is 9.10. The highest BCUT2D eigenvalue weighted by Crippen LogP contribution is 2.27. The molecule has 4 heteroatoms. The van der Waals surface area contributed by atoms with Crippen LogP contribution in [0.15, 0.2) is 22.7 Å². The Labute approximate surface area is 122 Å². The van der Waals surface area contributed by atoms with E-state index in [2.05, 4.69) is 42.0 Å². The zero-order valence-corrected chi connectivity index (χ0v) is 13.7. The fraction of sp³-hybridized carbons (Fsp3) is 0.533. The second-order valence-electron chi connectivity index (χ2n) is 6.70. The predicted octanol–water partition coefficient (Wildman–Crippen LogP) is 4.53. The number of carbonyl (C=O) groups excluding carboxylic acids is 1. The van der Waals surface area contributed by atoms with Gasteiger partial charge in [-0.2, -0.15) is 0 Å². The normalized spacial score (nSPS) is 12.4. The van der Waals surface area contributed by atoms with E-state index in [1.807, 2.05) is 13.8 Å². The monoisotopic (exact) mass is 329 g/mol. The molecule has 19 heavy (non-hydrogen) atoms. The lowest BCUT2D eigenvalue weighted by atomic mass is 9.81. The van der Waals surface area contributed by atoms with Crippen LogP contribution in [0.2, 0.25) is 0 Å². The molecule has 106 valence electrons. The maximum absolute atomic E-state index is 13.2. The number of hydrogen-bond acceptors (Lipinski definition) is 1. The molecule has 0 aliphatic carbocycles. The third-order valence-electron chi connectivity index (χ3n) is 2.60. The minimum atomic E-state index is -0.415. The van der Waals surface area contributed by atoms with Gasteiger partial charge in [0.15, 0.2) is 0 Å². The van der Waals surface area contributed by atoms with Crippen molar-refractivity contribution in [2.75, 3.05) is 0 Å². The van der Waals surface area contributed by atoms with Crippen LogP contribution >= 0.6 is 15.9 Å². The smallest absolute Gasteiger partial charge is 0.252 e. The quantitative estimate of drug-likeness (QED) is 0.867. The van der Waals surface area contributed by atoms with Crippen molar-refractivity contribution in [1.29, 1.82) is 0 Å². The van der Waals surface area contributed by atoms with E-state index in [1.54, 1.807) is 6.07 Å². The van der Waals surface area contributed by atoms with Gasteiger partial charge >= 0.3 is 0 Å². The van der Waals surface area contributed by atoms with Crippen LogP contribution in [0, 0.1) is 11.2 Å². The van der Waals surface area contributed by atoms with Crippen LogP contribution in [0.4, 0.5) is 4.39 Å². The van der Waals surface area contributed by atoms with E-state index < -0.39 is 5.82 Å². The van der Waals surface area contributed by atoms with Gasteiger partial charge in [-0.1, -0.05) is 20.8 Å². The molecule has 1 aromatic rings. The summed E-state index contributed by atoms with van der Waals surface area (Å²) >= 11 is 3.27. The Kier molecular flexibility index (Phi) is 4.77. The Hall–Kier alpha value is -0.900. The van der Waals surface area contributed by atoms with Gasteiger partial charge < -0.3 is 5.32 Å². The maximum Gasteiger partial charge on any atom is 0.252 e. The first kappa shape index (κ1) is 16.2. The van der Waals surface area contributed by atoms with Crippen LogP contribution in [0.25, 0.3) is 0 Å². The van der Waals surface area contributed by atoms with Crippen LogP contribution < -0.4 is 5.32 Å². The molecule has 1 N–H and O–H groups in total. The second kappa shape index (κ2) is 5.61. The fourth-order valence-corrected chi connectivity index (χ4v) is 2.84. The standard InChI is InChI=1S/C15H21BrFNO/c1-14(2,3)9-15(4,5)18-13(19)11-8-10(17)6-7-12(11)16/h6-8H,9H2,1-5H3,(H,18,19). The van der Waals surface area contributed by atoms with Gasteiger partial charge in [0, 0.05) is 10.0 Å². The average molecular weight is 330 g/mol. The van der Waals surface area contributed by atoms with Crippen LogP contribution in [-0.2, 0) is 0 Å². The number of amides is 1. The van der Waals surface area contributed by atoms with Gasteiger partial charge in [0.1, 0.15) is 5.82 Å². The summed E-state index contributed by atoms with van der Waals surface area (Å²) in [6.07, 6.45) is 0.832. The molecule has 0 heterocycles. The summed E-state index contributed by atoms with van der Waals surface area (Å²) in [6, 6.07) is 4.11. The number of halogens is 2. The molecule has 2 nitrogen and oxygen atoms in total. The van der Waals surface area contributed by atoms with Crippen molar-refractivity contribution in [3.8, 4) is 0 Å². The van der Waals surface area contributed by atoms with Gasteiger partial charge in [-0.05, 0) is 59.8 Å². The SMILES string of the molecule is CC(C)(C)CC(C)(C)NC(=O)c1cc(F)ccc1Br. The third kappa shape index (κ3) is 5.31. The molecule has 0 unspecified atom stereocenters. The summed E-state index contributed by atoms with van der Waals surface area (Å²) in [5, 5.41) is 2.96. The van der Waals surface area contributed by atoms with E-state index in [0.717, 1.165) is 6.42 Å². The van der Waals surface area contributed by atoms with Gasteiger partial charge in [0.25, 0.3) is 5.91 Å². The van der Waals surface area contributed by atoms with Gasteiger partial charge in [0.2, 0.25) is 0 Å². The van der Waals surface area contributed by atoms with Gasteiger partial charge in [-0.25, -0.2) is 4.39 Å². The molecule has 0 aliphatic heterocycles. The molecule has 0 fully saturated rings. The van der Waals surface area contributed by atoms with E-state index in [4.69, 9.17) is 0 Å². The van der Waals surface area contributed by atoms with Gasteiger partial charge in [-0.15, -0.1) is 0 Å². The lowest BCUT2D eigenvalue weighted by molar-refractivity contribution is 0.0890. The van der Waals surface area contributed by atoms with Crippen molar-refractivity contribution in [2.24, 2.45) is 5.41 Å². The van der Waals surface area contributed by atoms with Gasteiger partial charge in [-0.3, -0.25) is 4.79 Å². The molecule has 0 saturated carbocycles. The molecule has 0 aromatic heterocycles. The Morgan fingerprint density at radius 3 is 2.37 bits per heavy atom. The van der Waals surface area contributed by atoms with E-state index in [1.165, 1.54) is 12.1 Å². The van der Waals surface area contributed by atoms with Crippen molar-refractivity contribution < 1.29 is 9.18 Å². The van der Waals surface area contributed by atoms with Crippen LogP contribution in [0.1, 0.15) is 51.4 Å². The molecule has 1 aromatic carbocycles. The Morgan fingerprint density at radius 2 is 1.84 bits per heavy atom. The molecule has 0 radical (unpaired) electrons. The van der Waals surface area contributed by atoms with Crippen molar-refractivity contribution >= 4 is 21.8 Å². The summed E-state index contributed by atoms with van der Waals surface area (Å²) in [4.78, 5) is 12.2. The van der Waals surface area contributed by atoms with Crippen molar-refractivity contribution in [3.63, 3.8) is 0 Å². The lowest BCUT2D eigenvalue weighted by Gasteiger charge is -2.33. The Balaban J connectivity index is 2.87. The zero-order chi connectivity index (χ0) is 14.8. The van der Waals surface area contributed by atoms with E-state index in [-0.39, 0.29) is 16.9 Å². The van der Waals surface area contributed by atoms with Crippen molar-refractivity contribution in [1.82, 2.24) is 5.32 Å². The highest BCUT2D eigenvalue weighted by atomic mass is 79.9. The number of carbonyl (C=O) groups is 1. The highest BCUT2D eigenvalue weighted by Gasteiger charge is 2.27. The first-order valence-corrected chi connectivity index (χ1v) is 7.07. The molecule has 0 spiro atoms. The summed E-state index contributed by atoms with van der Waals surface area (Å²) in [7, 11) is 0. The van der Waals surface area contributed by atoms with Gasteiger partial charge in [0.05, 0.1) is 5.56 Å². The van der Waals surface area contributed by atoms with E-state index in [9.17, 15) is 9.18 Å². The van der Waals surface area contributed by atoms with E-state index in [0.29, 0.717) is 10.0 Å². The number of benzene rings is 1. The molecule has 0 aliphatic rings. The van der Waals surface area contributed by atoms with Crippen molar-refractivity contribution in [2.45, 2.75) is 46.6 Å². The third-order valence-corrected chi connectivity index (χ3v) is 3.29. The second-order valence-corrected chi connectivity index (χ2v) is 7.55. The van der Waals surface area contributed by atoms with E-state index >= 15 is 0 Å². The predicted molar refractivity (Wildman–Crippen MR) is 79.7 cm³/mol. The number of hydrogen-bond donors (Lipinski definition) is 1. The molecule has 1 amide bonds. The largest absolute Gasteiger partial charge is 0.347 e. The first-order chi connectivity index (χ1) is 8.50. The molecule has 0 bridgehead atoms. The Bertz CT molecular complexity index is 478. The number of rotatable bonds is 3. The average Bonchev–Trinajstić information content (AvgIpc) is 2.16. The zero-order valence-electron chi connectivity index (χ0n) is 12.1. The van der Waals surface area contributed by atoms with Crippen LogP contribution in [0.3, 0.4) is 0 Å². The minimum Gasteiger partial charge on any atom is -0.347 e. The fourth-order valence-electron chi connectivity index (χ4n) is 2.42. The molecule has 1 rings (SSSR count). The summed E-state index contributed by atoms with van der Waals surface area (Å²) in [5.74, 6) is -0.678. The number of nitrogens with one attached hydrogen (secondary N) is 1. The van der Waals surface area contributed by atoms with Crippen LogP contribution in [-0.4, -0.2) is 11.4 Å². The summed E-state index contributed by atoms with van der Waals surface area (Å²) < 4.78 is 13.8. The van der Waals surface area contributed by atoms with Crippen molar-refractivity contribution in [3.05, 3.63) is 34.1 Å². The summed E-state index contributed by atoms with van der Waals surface area (Å²) in [6.45, 7) is 10.3. The summed E-state index contributed by atoms with van der Waals surface area (Å²) in [5.41, 5.74) is 0.0822. The molecule has 0 atom stereocenters. The minimum absolute atomic E-state index is 0.107. The molecular formula is C15H21BrFNO. The topological polar surface area (TPSA) is 29.1 Å². The first-order valence-electron chi connectivity index (χ1n) is 6.28. The molecule has 0 saturated heterocycles. The Morgan fingerprint density at radius 1 is 1.26 bits per heavy atom. The molecular weight excluding hydrogens is 309 g/mol. The maximum atomic E-state index is 13.2. The lowest BCUT2D eigenvalue weighted by Crippen LogP contribution is -2.45.